The van der Waals surface area contributed by atoms with Crippen LogP contribution in [0, 0.1) is 29.1 Å². The van der Waals surface area contributed by atoms with Crippen molar-refractivity contribution in [1.82, 2.24) is 10.6 Å². The Morgan fingerprint density at radius 2 is 1.53 bits per heavy atom. The van der Waals surface area contributed by atoms with Crippen molar-refractivity contribution < 1.29 is 19.1 Å². The highest BCUT2D eigenvalue weighted by Crippen LogP contribution is 2.61. The van der Waals surface area contributed by atoms with Crippen LogP contribution in [0.2, 0.25) is 0 Å². The average Bonchev–Trinajstić information content (AvgIpc) is 2.70. The van der Waals surface area contributed by atoms with Gasteiger partial charge in [0.05, 0.1) is 0 Å². The van der Waals surface area contributed by atoms with Gasteiger partial charge < -0.3 is 15.4 Å². The first-order chi connectivity index (χ1) is 14.4. The molecule has 168 valence electrons. The Hall–Kier alpha value is -1.59. The van der Waals surface area contributed by atoms with E-state index < -0.39 is 12.1 Å². The van der Waals surface area contributed by atoms with Crippen molar-refractivity contribution in [3.05, 3.63) is 0 Å². The van der Waals surface area contributed by atoms with E-state index in [0.29, 0.717) is 18.9 Å². The van der Waals surface area contributed by atoms with Crippen LogP contribution in [-0.4, -0.2) is 37.0 Å². The molecule has 0 aromatic carbocycles. The molecule has 5 rings (SSSR count). The Labute approximate surface area is 180 Å². The number of hydrogen-bond donors (Lipinski definition) is 2. The zero-order valence-electron chi connectivity index (χ0n) is 18.4. The van der Waals surface area contributed by atoms with Gasteiger partial charge >= 0.3 is 5.97 Å². The zero-order chi connectivity index (χ0) is 21.1. The maximum Gasteiger partial charge on any atom is 0.326 e. The number of carbonyl (C=O) groups is 3. The van der Waals surface area contributed by atoms with E-state index in [1.54, 1.807) is 6.92 Å². The smallest absolute Gasteiger partial charge is 0.326 e. The molecule has 5 aliphatic rings. The lowest BCUT2D eigenvalue weighted by atomic mass is 9.49. The molecule has 1 atom stereocenters. The molecule has 0 aliphatic heterocycles. The Morgan fingerprint density at radius 1 is 0.933 bits per heavy atom. The maximum atomic E-state index is 12.5. The molecule has 5 aliphatic carbocycles. The van der Waals surface area contributed by atoms with Gasteiger partial charge in [-0.1, -0.05) is 19.3 Å². The summed E-state index contributed by atoms with van der Waals surface area (Å²) in [4.78, 5) is 36.8. The normalized spacial score (nSPS) is 33.7. The second-order valence-electron chi connectivity index (χ2n) is 10.8. The maximum absolute atomic E-state index is 12.5. The fraction of sp³-hybridized carbons (Fsp3) is 0.875. The van der Waals surface area contributed by atoms with Gasteiger partial charge in [-0.3, -0.25) is 14.4 Å². The largest absolute Gasteiger partial charge is 0.451 e. The van der Waals surface area contributed by atoms with E-state index in [0.717, 1.165) is 30.6 Å². The monoisotopic (exact) mass is 418 g/mol. The topological polar surface area (TPSA) is 84.5 Å². The van der Waals surface area contributed by atoms with Crippen LogP contribution >= 0.6 is 0 Å². The molecule has 5 saturated carbocycles. The van der Waals surface area contributed by atoms with Gasteiger partial charge in [-0.15, -0.1) is 0 Å². The number of ether oxygens (including phenoxy) is 1. The van der Waals surface area contributed by atoms with E-state index in [1.807, 2.05) is 0 Å². The quantitative estimate of drug-likeness (QED) is 0.592. The number of carbonyl (C=O) groups excluding carboxylic acids is 3. The lowest BCUT2D eigenvalue weighted by molar-refractivity contribution is -0.154. The Morgan fingerprint density at radius 3 is 2.13 bits per heavy atom. The zero-order valence-corrected chi connectivity index (χ0v) is 18.4. The minimum atomic E-state index is -0.832. The summed E-state index contributed by atoms with van der Waals surface area (Å²) in [7, 11) is 0. The molecule has 0 unspecified atom stereocenters. The molecule has 0 saturated heterocycles. The summed E-state index contributed by atoms with van der Waals surface area (Å²) in [6.07, 6.45) is 13.3. The van der Waals surface area contributed by atoms with Crippen LogP contribution in [0.4, 0.5) is 0 Å². The number of esters is 1. The predicted molar refractivity (Wildman–Crippen MR) is 113 cm³/mol. The fourth-order valence-corrected chi connectivity index (χ4v) is 7.15. The number of amides is 2. The van der Waals surface area contributed by atoms with E-state index in [4.69, 9.17) is 4.74 Å². The van der Waals surface area contributed by atoms with E-state index in [1.165, 1.54) is 57.8 Å². The highest BCUT2D eigenvalue weighted by molar-refractivity contribution is 5.86. The van der Waals surface area contributed by atoms with Gasteiger partial charge in [0.25, 0.3) is 5.91 Å². The second-order valence-corrected chi connectivity index (χ2v) is 10.8. The van der Waals surface area contributed by atoms with Crippen molar-refractivity contribution >= 4 is 17.8 Å². The molecule has 6 nitrogen and oxygen atoms in total. The molecule has 2 N–H and O–H groups in total. The lowest BCUT2D eigenvalue weighted by Crippen LogP contribution is -2.48. The molecule has 0 aromatic heterocycles. The van der Waals surface area contributed by atoms with Gasteiger partial charge in [-0.2, -0.15) is 0 Å². The summed E-state index contributed by atoms with van der Waals surface area (Å²) in [6.45, 7) is 2.08. The van der Waals surface area contributed by atoms with Gasteiger partial charge in [-0.25, -0.2) is 0 Å². The summed E-state index contributed by atoms with van der Waals surface area (Å²) in [6, 6.07) is 0. The summed E-state index contributed by atoms with van der Waals surface area (Å²) >= 11 is 0. The molecule has 6 heteroatoms. The summed E-state index contributed by atoms with van der Waals surface area (Å²) in [5, 5.41) is 5.64. The highest BCUT2D eigenvalue weighted by atomic mass is 16.5. The molecule has 5 fully saturated rings. The minimum absolute atomic E-state index is 0.0525. The fourth-order valence-electron chi connectivity index (χ4n) is 7.15. The summed E-state index contributed by atoms with van der Waals surface area (Å²) in [5.74, 6) is 2.10. The van der Waals surface area contributed by atoms with Gasteiger partial charge in [-0.05, 0) is 87.4 Å². The van der Waals surface area contributed by atoms with E-state index in [-0.39, 0.29) is 23.8 Å². The second kappa shape index (κ2) is 9.27. The van der Waals surface area contributed by atoms with Crippen molar-refractivity contribution in [3.63, 3.8) is 0 Å². The Balaban J connectivity index is 1.14. The van der Waals surface area contributed by atoms with Crippen molar-refractivity contribution in [2.75, 3.05) is 13.1 Å². The van der Waals surface area contributed by atoms with Gasteiger partial charge in [0.2, 0.25) is 5.91 Å². The molecule has 30 heavy (non-hydrogen) atoms. The Bertz CT molecular complexity index is 620. The molecule has 0 radical (unpaired) electrons. The molecular weight excluding hydrogens is 380 g/mol. The summed E-state index contributed by atoms with van der Waals surface area (Å²) < 4.78 is 5.23. The van der Waals surface area contributed by atoms with E-state index >= 15 is 0 Å². The van der Waals surface area contributed by atoms with Crippen LogP contribution in [0.3, 0.4) is 0 Å². The van der Waals surface area contributed by atoms with Crippen LogP contribution in [0.1, 0.15) is 84.0 Å². The first-order valence-electron chi connectivity index (χ1n) is 12.1. The van der Waals surface area contributed by atoms with Crippen LogP contribution in [-0.2, 0) is 19.1 Å². The molecule has 0 aromatic rings. The lowest BCUT2D eigenvalue weighted by Gasteiger charge is -2.56. The van der Waals surface area contributed by atoms with Gasteiger partial charge in [0, 0.05) is 13.0 Å². The third-order valence-electron chi connectivity index (χ3n) is 8.10. The first-order valence-corrected chi connectivity index (χ1v) is 12.1. The number of nitrogens with one attached hydrogen (secondary N) is 2. The SMILES string of the molecule is C[C@@H](OC(=O)CNC(=O)CC12CC3CC(CC(C3)C1)C2)C(=O)NCC1CCCCC1. The van der Waals surface area contributed by atoms with Crippen LogP contribution < -0.4 is 10.6 Å². The third-order valence-corrected chi connectivity index (χ3v) is 8.10. The number of rotatable bonds is 8. The van der Waals surface area contributed by atoms with Gasteiger partial charge in [0.1, 0.15) is 6.54 Å². The molecule has 0 heterocycles. The molecule has 4 bridgehead atoms. The molecular formula is C24H38N2O4. The number of hydrogen-bond acceptors (Lipinski definition) is 4. The van der Waals surface area contributed by atoms with Crippen molar-refractivity contribution in [3.8, 4) is 0 Å². The van der Waals surface area contributed by atoms with E-state index in [2.05, 4.69) is 10.6 Å². The third kappa shape index (κ3) is 5.36. The van der Waals surface area contributed by atoms with Crippen LogP contribution in [0.15, 0.2) is 0 Å². The van der Waals surface area contributed by atoms with Gasteiger partial charge in [0.15, 0.2) is 6.10 Å². The molecule has 2 amide bonds. The van der Waals surface area contributed by atoms with Crippen LogP contribution in [0.25, 0.3) is 0 Å². The standard InChI is InChI=1S/C24H38N2O4/c1-16(23(29)26-14-17-5-3-2-4-6-17)30-22(28)15-25-21(27)13-24-10-18-7-19(11-24)9-20(8-18)12-24/h16-20H,2-15H2,1H3,(H,25,27)(H,26,29)/t16-,18?,19?,20?,24?/m1/s1. The molecule has 0 spiro atoms. The van der Waals surface area contributed by atoms with E-state index in [9.17, 15) is 14.4 Å². The first kappa shape index (κ1) is 21.6. The average molecular weight is 419 g/mol. The highest BCUT2D eigenvalue weighted by Gasteiger charge is 2.51. The summed E-state index contributed by atoms with van der Waals surface area (Å²) in [5.41, 5.74) is 0.162. The van der Waals surface area contributed by atoms with Crippen molar-refractivity contribution in [2.45, 2.75) is 90.1 Å². The Kier molecular flexibility index (Phi) is 6.69. The van der Waals surface area contributed by atoms with Crippen molar-refractivity contribution in [2.24, 2.45) is 29.1 Å². The predicted octanol–water partition coefficient (Wildman–Crippen LogP) is 3.34. The van der Waals surface area contributed by atoms with Crippen molar-refractivity contribution in [1.29, 1.82) is 0 Å². The minimum Gasteiger partial charge on any atom is -0.451 e. The van der Waals surface area contributed by atoms with Crippen LogP contribution in [0.5, 0.6) is 0 Å².